The molecule has 4 aliphatic carbocycles. The van der Waals surface area contributed by atoms with Crippen LogP contribution >= 0.6 is 0 Å². The lowest BCUT2D eigenvalue weighted by Crippen LogP contribution is -2.51. The lowest BCUT2D eigenvalue weighted by molar-refractivity contribution is -0.314. The van der Waals surface area contributed by atoms with Crippen molar-refractivity contribution in [1.82, 2.24) is 0 Å². The summed E-state index contributed by atoms with van der Waals surface area (Å²) in [6, 6.07) is 7.60. The number of alkyl halides is 5. The van der Waals surface area contributed by atoms with E-state index in [9.17, 15) is 31.9 Å². The molecule has 0 heterocycles. The quantitative estimate of drug-likeness (QED) is 0.426. The van der Waals surface area contributed by atoms with Crippen LogP contribution in [0.4, 0.5) is 22.0 Å². The van der Waals surface area contributed by atoms with E-state index in [0.29, 0.717) is 38.5 Å². The molecule has 0 saturated heterocycles. The third kappa shape index (κ3) is 3.88. The summed E-state index contributed by atoms with van der Waals surface area (Å²) in [6.07, 6.45) is -1.14. The molecule has 2 nitrogen and oxygen atoms in total. The molecule has 0 aromatic heterocycles. The van der Waals surface area contributed by atoms with E-state index in [-0.39, 0.29) is 30.0 Å². The van der Waals surface area contributed by atoms with Gasteiger partial charge in [0.05, 0.1) is 5.60 Å². The summed E-state index contributed by atoms with van der Waals surface area (Å²) in [5, 5.41) is 10.3. The molecule has 36 heavy (non-hydrogen) atoms. The van der Waals surface area contributed by atoms with Gasteiger partial charge in [0.2, 0.25) is 0 Å². The van der Waals surface area contributed by atoms with Crippen molar-refractivity contribution < 1.29 is 31.9 Å². The maximum absolute atomic E-state index is 14.6. The Bertz CT molecular complexity index is 1120. The average Bonchev–Trinajstić information content (AvgIpc) is 3.15. The Morgan fingerprint density at radius 2 is 1.64 bits per heavy atom. The second-order valence-corrected chi connectivity index (χ2v) is 12.0. The molecule has 5 rings (SSSR count). The minimum Gasteiger partial charge on any atom is -0.386 e. The van der Waals surface area contributed by atoms with Gasteiger partial charge in [-0.15, -0.1) is 0 Å². The Morgan fingerprint density at radius 3 is 2.25 bits per heavy atom. The summed E-state index contributed by atoms with van der Waals surface area (Å²) in [5.74, 6) is -6.75. The first-order chi connectivity index (χ1) is 16.6. The highest BCUT2D eigenvalue weighted by atomic mass is 19.4. The molecule has 0 aliphatic heterocycles. The van der Waals surface area contributed by atoms with Crippen LogP contribution in [0.2, 0.25) is 0 Å². The zero-order valence-corrected chi connectivity index (χ0v) is 20.9. The fourth-order valence-electron chi connectivity index (χ4n) is 7.83. The van der Waals surface area contributed by atoms with Crippen LogP contribution in [0.25, 0.3) is 0 Å². The molecule has 7 heteroatoms. The Kier molecular flexibility index (Phi) is 5.86. The van der Waals surface area contributed by atoms with Crippen LogP contribution in [-0.2, 0) is 10.4 Å². The van der Waals surface area contributed by atoms with Crippen molar-refractivity contribution in [2.75, 3.05) is 0 Å². The summed E-state index contributed by atoms with van der Waals surface area (Å²) in [5.41, 5.74) is 2.93. The van der Waals surface area contributed by atoms with E-state index in [1.165, 1.54) is 0 Å². The number of fused-ring (bicyclic) bond motifs is 4. The number of allylic oxidation sites excluding steroid dienone is 4. The summed E-state index contributed by atoms with van der Waals surface area (Å²) >= 11 is 0. The van der Waals surface area contributed by atoms with E-state index in [2.05, 4.69) is 0 Å². The number of aliphatic hydroxyl groups is 1. The molecule has 1 aromatic rings. The molecule has 5 atom stereocenters. The first-order valence-electron chi connectivity index (χ1n) is 12.9. The first kappa shape index (κ1) is 25.6. The molecule has 0 radical (unpaired) electrons. The van der Waals surface area contributed by atoms with Gasteiger partial charge in [0.15, 0.2) is 5.78 Å². The van der Waals surface area contributed by atoms with Crippen LogP contribution in [0.1, 0.15) is 82.8 Å². The lowest BCUT2D eigenvalue weighted by atomic mass is 9.54. The number of benzene rings is 1. The molecule has 1 aromatic carbocycles. The monoisotopic (exact) mass is 508 g/mol. The van der Waals surface area contributed by atoms with Gasteiger partial charge in [-0.3, -0.25) is 4.79 Å². The van der Waals surface area contributed by atoms with Gasteiger partial charge in [-0.2, -0.15) is 22.0 Å². The molecular formula is C29H33F5O2. The van der Waals surface area contributed by atoms with Gasteiger partial charge in [-0.1, -0.05) is 36.8 Å². The van der Waals surface area contributed by atoms with E-state index >= 15 is 0 Å². The Hall–Kier alpha value is -2.02. The molecule has 5 unspecified atom stereocenters. The number of carbonyl (C=O) groups excluding carboxylic acids is 1. The van der Waals surface area contributed by atoms with Gasteiger partial charge in [0.25, 0.3) is 0 Å². The van der Waals surface area contributed by atoms with Crippen LogP contribution in [0.3, 0.4) is 0 Å². The zero-order valence-electron chi connectivity index (χ0n) is 20.9. The predicted molar refractivity (Wildman–Crippen MR) is 126 cm³/mol. The van der Waals surface area contributed by atoms with Crippen molar-refractivity contribution in [2.45, 2.75) is 89.3 Å². The molecule has 2 saturated carbocycles. The molecular weight excluding hydrogens is 475 g/mol. The van der Waals surface area contributed by atoms with Gasteiger partial charge in [-0.05, 0) is 98.0 Å². The second-order valence-electron chi connectivity index (χ2n) is 12.0. The molecule has 0 bridgehead atoms. The highest BCUT2D eigenvalue weighted by Gasteiger charge is 2.70. The molecule has 196 valence electrons. The van der Waals surface area contributed by atoms with E-state index in [4.69, 9.17) is 0 Å². The first-order valence-corrected chi connectivity index (χ1v) is 12.9. The van der Waals surface area contributed by atoms with Crippen LogP contribution < -0.4 is 0 Å². The number of hydrogen-bond acceptors (Lipinski definition) is 2. The fourth-order valence-corrected chi connectivity index (χ4v) is 7.83. The van der Waals surface area contributed by atoms with E-state index in [1.54, 1.807) is 26.8 Å². The predicted octanol–water partition coefficient (Wildman–Crippen LogP) is 7.63. The molecule has 0 spiro atoms. The van der Waals surface area contributed by atoms with Crippen LogP contribution in [-0.4, -0.2) is 23.0 Å². The molecule has 2 fully saturated rings. The number of rotatable bonds is 3. The standard InChI is InChI=1S/C29H33F5O2/c1-26(2,36)18-7-4-16(5-8-18)22-15-19(35)14-17-6-9-20-21(25(17)22)12-13-27(3)23(20)10-11-24(27)28(30,31)29(32,33)34/h4-5,7-8,14,20,22-24,36H,6,9-13,15H2,1-3H3. The van der Waals surface area contributed by atoms with Crippen LogP contribution in [0, 0.1) is 23.2 Å². The normalized spacial score (nSPS) is 33.1. The van der Waals surface area contributed by atoms with Gasteiger partial charge in [0, 0.05) is 18.3 Å². The minimum atomic E-state index is -5.54. The second kappa shape index (κ2) is 8.24. The van der Waals surface area contributed by atoms with Gasteiger partial charge in [-0.25, -0.2) is 0 Å². The highest BCUT2D eigenvalue weighted by molar-refractivity contribution is 5.94. The van der Waals surface area contributed by atoms with Crippen LogP contribution in [0.15, 0.2) is 47.1 Å². The van der Waals surface area contributed by atoms with E-state index in [0.717, 1.165) is 27.8 Å². The maximum atomic E-state index is 14.6. The minimum absolute atomic E-state index is 0.0312. The Morgan fingerprint density at radius 1 is 0.972 bits per heavy atom. The van der Waals surface area contributed by atoms with E-state index in [1.807, 2.05) is 24.3 Å². The topological polar surface area (TPSA) is 37.3 Å². The lowest BCUT2D eigenvalue weighted by Gasteiger charge is -2.51. The zero-order chi connectivity index (χ0) is 26.3. The maximum Gasteiger partial charge on any atom is 0.453 e. The average molecular weight is 509 g/mol. The number of carbonyl (C=O) groups is 1. The van der Waals surface area contributed by atoms with Gasteiger partial charge in [0.1, 0.15) is 0 Å². The summed E-state index contributed by atoms with van der Waals surface area (Å²) in [6.45, 7) is 5.07. The fraction of sp³-hybridized carbons (Fsp3) is 0.621. The number of ketones is 1. The van der Waals surface area contributed by atoms with E-state index < -0.39 is 29.0 Å². The third-order valence-corrected chi connectivity index (χ3v) is 9.62. The van der Waals surface area contributed by atoms with Crippen molar-refractivity contribution in [2.24, 2.45) is 23.2 Å². The van der Waals surface area contributed by atoms with Crippen molar-refractivity contribution >= 4 is 5.78 Å². The van der Waals surface area contributed by atoms with Gasteiger partial charge < -0.3 is 5.11 Å². The number of hydrogen-bond donors (Lipinski definition) is 1. The summed E-state index contributed by atoms with van der Waals surface area (Å²) in [7, 11) is 0. The van der Waals surface area contributed by atoms with Crippen molar-refractivity contribution in [1.29, 1.82) is 0 Å². The van der Waals surface area contributed by atoms with Crippen molar-refractivity contribution in [3.05, 3.63) is 58.2 Å². The SMILES string of the molecule is CC(C)(O)c1ccc(C2CC(=O)C=C3CCC4C(=C32)CCC2(C)C4CCC2C(F)(F)C(F)(F)F)cc1. The largest absolute Gasteiger partial charge is 0.453 e. The Balaban J connectivity index is 1.53. The van der Waals surface area contributed by atoms with Crippen molar-refractivity contribution in [3.8, 4) is 0 Å². The molecule has 4 aliphatic rings. The smallest absolute Gasteiger partial charge is 0.386 e. The molecule has 1 N–H and O–H groups in total. The molecule has 0 amide bonds. The Labute approximate surface area is 208 Å². The summed E-state index contributed by atoms with van der Waals surface area (Å²) < 4.78 is 69.2. The number of halogens is 5. The third-order valence-electron chi connectivity index (χ3n) is 9.62. The van der Waals surface area contributed by atoms with Crippen molar-refractivity contribution in [3.63, 3.8) is 0 Å². The summed E-state index contributed by atoms with van der Waals surface area (Å²) in [4.78, 5) is 12.6. The highest BCUT2D eigenvalue weighted by Crippen LogP contribution is 2.67. The van der Waals surface area contributed by atoms with Crippen LogP contribution in [0.5, 0.6) is 0 Å². The van der Waals surface area contributed by atoms with Gasteiger partial charge >= 0.3 is 12.1 Å².